The summed E-state index contributed by atoms with van der Waals surface area (Å²) in [5.41, 5.74) is 6.57. The predicted molar refractivity (Wildman–Crippen MR) is 215 cm³/mol. The second kappa shape index (κ2) is 18.1. The zero-order chi connectivity index (χ0) is 37.1. The van der Waals surface area contributed by atoms with Crippen LogP contribution in [0.25, 0.3) is 21.5 Å². The van der Waals surface area contributed by atoms with Crippen molar-refractivity contribution in [1.82, 2.24) is 0 Å². The van der Waals surface area contributed by atoms with Crippen LogP contribution in [0, 0.1) is 0 Å². The van der Waals surface area contributed by atoms with Gasteiger partial charge in [0.05, 0.1) is 15.5 Å². The molecule has 280 valence electrons. The average molecular weight is 776 g/mol. The van der Waals surface area contributed by atoms with E-state index in [-0.39, 0.29) is 57.4 Å². The standard InChI is InChI=1S/C43H47N2O5S2.Na.H2O/c1-42(2)38(44(28-14-16-30-51(46)47)36-26-24-32-18-10-12-20-34(32)40(36)42)22-8-6-5-7-9-23-39-43(3,4)41-35-21-13-11-19-33(35)25-27-37(41)45(39)29-15-17-31-52(48,49)50;;/h5-13,18-27H,14-17,28-31H2,1-4H3;;1H2/q-1;+1;/p-1. The van der Waals surface area contributed by atoms with Crippen LogP contribution in [0.3, 0.4) is 0 Å². The zero-order valence-electron chi connectivity index (χ0n) is 31.8. The van der Waals surface area contributed by atoms with E-state index >= 15 is 0 Å². The summed E-state index contributed by atoms with van der Waals surface area (Å²) in [6, 6.07) is 25.5. The summed E-state index contributed by atoms with van der Waals surface area (Å²) in [5, 5.41) is 4.82. The van der Waals surface area contributed by atoms with Gasteiger partial charge in [-0.25, -0.2) is 8.42 Å². The van der Waals surface area contributed by atoms with Crippen LogP contribution in [0.5, 0.6) is 0 Å². The summed E-state index contributed by atoms with van der Waals surface area (Å²) in [6.07, 6.45) is 16.8. The molecule has 8 nitrogen and oxygen atoms in total. The molecule has 0 spiro atoms. The molecule has 11 heteroatoms. The third kappa shape index (κ3) is 9.19. The molecule has 0 fully saturated rings. The normalized spacial score (nSPS) is 17.0. The van der Waals surface area contributed by atoms with E-state index in [1.54, 1.807) is 0 Å². The van der Waals surface area contributed by atoms with E-state index in [0.717, 1.165) is 24.4 Å². The van der Waals surface area contributed by atoms with Gasteiger partial charge in [0.15, 0.2) is 5.71 Å². The fourth-order valence-corrected chi connectivity index (χ4v) is 9.07. The van der Waals surface area contributed by atoms with Crippen LogP contribution in [-0.2, 0) is 40.1 Å². The maximum absolute atomic E-state index is 11.3. The molecule has 2 aliphatic rings. The number of anilines is 1. The predicted octanol–water partition coefficient (Wildman–Crippen LogP) is 5.96. The molecular formula is C43H48N2NaO6S2-. The largest absolute Gasteiger partial charge is 1.00 e. The summed E-state index contributed by atoms with van der Waals surface area (Å²) in [6.45, 7) is 10.3. The summed E-state index contributed by atoms with van der Waals surface area (Å²) >= 11 is 0. The van der Waals surface area contributed by atoms with E-state index in [0.29, 0.717) is 25.8 Å². The second-order valence-electron chi connectivity index (χ2n) is 14.7. The van der Waals surface area contributed by atoms with Crippen molar-refractivity contribution in [2.24, 2.45) is 0 Å². The average Bonchev–Trinajstić information content (AvgIpc) is 3.45. The van der Waals surface area contributed by atoms with Gasteiger partial charge in [-0.3, -0.25) is 0 Å². The Morgan fingerprint density at radius 3 is 2.02 bits per heavy atom. The Balaban J connectivity index is 0.00000325. The zero-order valence-corrected chi connectivity index (χ0v) is 35.5. The van der Waals surface area contributed by atoms with Gasteiger partial charge < -0.3 is 23.3 Å². The van der Waals surface area contributed by atoms with Crippen LogP contribution in [-0.4, -0.2) is 53.3 Å². The molecule has 0 saturated carbocycles. The summed E-state index contributed by atoms with van der Waals surface area (Å²) in [4.78, 5) is 2.27. The van der Waals surface area contributed by atoms with Crippen LogP contribution in [0.1, 0.15) is 64.5 Å². The van der Waals surface area contributed by atoms with Crippen molar-refractivity contribution in [2.45, 2.75) is 64.2 Å². The molecule has 4 aromatic carbocycles. The fourth-order valence-electron chi connectivity index (χ4n) is 8.08. The van der Waals surface area contributed by atoms with Gasteiger partial charge in [-0.15, -0.1) is 0 Å². The molecule has 1 N–H and O–H groups in total. The van der Waals surface area contributed by atoms with Gasteiger partial charge in [-0.1, -0.05) is 122 Å². The minimum Gasteiger partial charge on any atom is -0.870 e. The third-order valence-electron chi connectivity index (χ3n) is 10.4. The number of unbranched alkanes of at least 4 members (excludes halogenated alkanes) is 2. The van der Waals surface area contributed by atoms with Crippen molar-refractivity contribution in [3.05, 3.63) is 132 Å². The van der Waals surface area contributed by atoms with Crippen molar-refractivity contribution in [2.75, 3.05) is 29.5 Å². The topological polar surface area (TPSA) is 128 Å². The Bertz CT molecular complexity index is 2350. The van der Waals surface area contributed by atoms with Crippen molar-refractivity contribution in [1.29, 1.82) is 0 Å². The van der Waals surface area contributed by atoms with E-state index in [4.69, 9.17) is 0 Å². The second-order valence-corrected chi connectivity index (χ2v) is 17.2. The Morgan fingerprint density at radius 2 is 1.35 bits per heavy atom. The van der Waals surface area contributed by atoms with Crippen LogP contribution in [0.15, 0.2) is 121 Å². The summed E-state index contributed by atoms with van der Waals surface area (Å²) in [7, 11) is -6.29. The van der Waals surface area contributed by atoms with Crippen LogP contribution >= 0.6 is 0 Å². The van der Waals surface area contributed by atoms with Gasteiger partial charge in [-0.05, 0) is 72.0 Å². The maximum Gasteiger partial charge on any atom is 1.00 e. The number of allylic oxidation sites excluding steroid dienone is 8. The molecule has 2 heterocycles. The van der Waals surface area contributed by atoms with Crippen LogP contribution in [0.4, 0.5) is 11.4 Å². The third-order valence-corrected chi connectivity index (χ3v) is 11.8. The van der Waals surface area contributed by atoms with Gasteiger partial charge >= 0.3 is 29.6 Å². The Kier molecular flexibility index (Phi) is 14.5. The molecular weight excluding hydrogens is 728 g/mol. The number of benzene rings is 4. The number of hydrogen-bond donors (Lipinski definition) is 0. The Morgan fingerprint density at radius 1 is 0.741 bits per heavy atom. The van der Waals surface area contributed by atoms with Crippen molar-refractivity contribution in [3.63, 3.8) is 0 Å². The fraction of sp³-hybridized carbons (Fsp3) is 0.326. The first-order chi connectivity index (χ1) is 24.8. The smallest absolute Gasteiger partial charge is 0.870 e. The molecule has 0 aliphatic carbocycles. The van der Waals surface area contributed by atoms with Gasteiger partial charge in [-0.2, -0.15) is 4.58 Å². The molecule has 0 atom stereocenters. The number of hydrogen-bond acceptors (Lipinski definition) is 8. The van der Waals surface area contributed by atoms with Crippen LogP contribution in [0.2, 0.25) is 0 Å². The first kappa shape index (κ1) is 43.4. The monoisotopic (exact) mass is 775 g/mol. The number of rotatable bonds is 14. The molecule has 0 saturated heterocycles. The van der Waals surface area contributed by atoms with E-state index in [9.17, 15) is 21.4 Å². The number of nitrogens with zero attached hydrogens (tertiary/aromatic N) is 2. The van der Waals surface area contributed by atoms with E-state index in [1.165, 1.54) is 44.1 Å². The first-order valence-electron chi connectivity index (χ1n) is 18.0. The van der Waals surface area contributed by atoms with E-state index in [1.807, 2.05) is 30.4 Å². The minimum atomic E-state index is -4.25. The molecule has 54 heavy (non-hydrogen) atoms. The summed E-state index contributed by atoms with van der Waals surface area (Å²) in [5.74, 6) is -0.187. The van der Waals surface area contributed by atoms with Gasteiger partial charge in [0.25, 0.3) is 0 Å². The van der Waals surface area contributed by atoms with Crippen molar-refractivity contribution < 1.29 is 61.0 Å². The molecule has 4 aromatic rings. The van der Waals surface area contributed by atoms with Gasteiger partial charge in [0, 0.05) is 53.2 Å². The molecule has 0 aromatic heterocycles. The van der Waals surface area contributed by atoms with Crippen molar-refractivity contribution >= 4 is 59.5 Å². The minimum absolute atomic E-state index is 0. The quantitative estimate of drug-likeness (QED) is 0.0386. The molecule has 0 unspecified atom stereocenters. The van der Waals surface area contributed by atoms with E-state index in [2.05, 4.69) is 122 Å². The number of fused-ring (bicyclic) bond motifs is 6. The van der Waals surface area contributed by atoms with E-state index < -0.39 is 20.8 Å². The molecule has 0 radical (unpaired) electrons. The van der Waals surface area contributed by atoms with Crippen molar-refractivity contribution in [3.8, 4) is 0 Å². The Hall–Kier alpha value is -3.35. The van der Waals surface area contributed by atoms with Gasteiger partial charge in [0.2, 0.25) is 5.69 Å². The first-order valence-corrected chi connectivity index (χ1v) is 20.8. The molecule has 0 amide bonds. The van der Waals surface area contributed by atoms with Crippen LogP contribution < -0.4 is 34.5 Å². The summed E-state index contributed by atoms with van der Waals surface area (Å²) < 4.78 is 58.5. The molecule has 0 bridgehead atoms. The molecule has 2 aliphatic heterocycles. The Labute approximate surface area is 344 Å². The molecule has 6 rings (SSSR count). The van der Waals surface area contributed by atoms with Gasteiger partial charge in [0.1, 0.15) is 6.54 Å². The maximum atomic E-state index is 11.3. The SMILES string of the molecule is CC1(C)C(=CC=CC=CC=CC2=[N+](CCCC[S-](=O)=O)c3ccc4ccccc4c3C2(C)C)N(CCCCS(=O)(=O)[O-])c2ccc3ccccc3c21.[Na+].[OH-].